The van der Waals surface area contributed by atoms with E-state index in [0.717, 1.165) is 43.2 Å². The lowest BCUT2D eigenvalue weighted by molar-refractivity contribution is -0.274. The number of carbonyl (C=O) groups excluding carboxylic acids is 1. The first kappa shape index (κ1) is 24.7. The highest BCUT2D eigenvalue weighted by Gasteiger charge is 2.54. The van der Waals surface area contributed by atoms with Crippen LogP contribution in [0.15, 0.2) is 59.2 Å². The van der Waals surface area contributed by atoms with Crippen molar-refractivity contribution in [2.75, 3.05) is 10.2 Å². The average molecular weight is 515 g/mol. The van der Waals surface area contributed by atoms with Gasteiger partial charge in [0.15, 0.2) is 5.69 Å². The molecule has 8 nitrogen and oxygen atoms in total. The van der Waals surface area contributed by atoms with E-state index >= 15 is 0 Å². The second-order valence-corrected chi connectivity index (χ2v) is 9.16. The van der Waals surface area contributed by atoms with Gasteiger partial charge < -0.3 is 24.5 Å². The summed E-state index contributed by atoms with van der Waals surface area (Å²) in [5.41, 5.74) is 0.854. The quantitative estimate of drug-likeness (QED) is 0.426. The number of para-hydroxylation sites is 1. The van der Waals surface area contributed by atoms with Crippen LogP contribution in [0.2, 0.25) is 0 Å². The molecule has 2 N–H and O–H groups in total. The SMILES string of the molecule is CC[C@@]1(Nc2nc(C(=O)O)co2)c2ccccc2N(C(=O)c2ccc(OC(F)(F)F)cc2)[C@@H]2CCC[C@@H]21. The number of oxazole rings is 1. The molecule has 1 saturated carbocycles. The fourth-order valence-corrected chi connectivity index (χ4v) is 5.78. The van der Waals surface area contributed by atoms with Gasteiger partial charge in [-0.05, 0) is 49.6 Å². The second-order valence-electron chi connectivity index (χ2n) is 9.16. The predicted molar refractivity (Wildman–Crippen MR) is 127 cm³/mol. The number of nitrogens with zero attached hydrogens (tertiary/aromatic N) is 2. The standard InChI is InChI=1S/C26H24F3N3O5/c1-2-25(31-24-30-19(14-36-24)23(34)35)17-6-3-4-8-20(17)32(21-9-5-7-18(21)25)22(33)15-10-12-16(13-11-15)37-26(27,28)29/h3-4,6,8,10-14,18,21H,2,5,7,9H2,1H3,(H,30,31)(H,34,35)/t18-,21+,25+/m0/s1. The summed E-state index contributed by atoms with van der Waals surface area (Å²) in [6.07, 6.45) is -0.734. The number of aromatic carboxylic acids is 1. The van der Waals surface area contributed by atoms with Crippen LogP contribution in [0.1, 0.15) is 59.0 Å². The molecule has 11 heteroatoms. The molecular weight excluding hydrogens is 491 g/mol. The number of hydrogen-bond donors (Lipinski definition) is 2. The summed E-state index contributed by atoms with van der Waals surface area (Å²) in [4.78, 5) is 30.9. The first-order chi connectivity index (χ1) is 17.6. The number of benzene rings is 2. The number of hydrogen-bond acceptors (Lipinski definition) is 6. The molecule has 37 heavy (non-hydrogen) atoms. The summed E-state index contributed by atoms with van der Waals surface area (Å²) >= 11 is 0. The number of amides is 1. The van der Waals surface area contributed by atoms with Gasteiger partial charge in [0.2, 0.25) is 0 Å². The van der Waals surface area contributed by atoms with E-state index < -0.39 is 23.6 Å². The van der Waals surface area contributed by atoms with Crippen LogP contribution in [0.4, 0.5) is 24.9 Å². The fraction of sp³-hybridized carbons (Fsp3) is 0.346. The largest absolute Gasteiger partial charge is 0.573 e. The minimum absolute atomic E-state index is 0.0515. The van der Waals surface area contributed by atoms with Gasteiger partial charge in [-0.3, -0.25) is 4.79 Å². The van der Waals surface area contributed by atoms with Crippen LogP contribution < -0.4 is 15.0 Å². The Morgan fingerprint density at radius 2 is 1.92 bits per heavy atom. The summed E-state index contributed by atoms with van der Waals surface area (Å²) < 4.78 is 47.1. The number of aromatic nitrogens is 1. The number of carbonyl (C=O) groups is 2. The molecule has 1 amide bonds. The molecule has 0 radical (unpaired) electrons. The van der Waals surface area contributed by atoms with Gasteiger partial charge in [0.1, 0.15) is 12.0 Å². The zero-order chi connectivity index (χ0) is 26.4. The fourth-order valence-electron chi connectivity index (χ4n) is 5.78. The van der Waals surface area contributed by atoms with E-state index in [0.29, 0.717) is 12.1 Å². The number of halogens is 3. The van der Waals surface area contributed by atoms with Crippen LogP contribution >= 0.6 is 0 Å². The molecule has 1 aromatic heterocycles. The normalized spacial score (nSPS) is 22.8. The zero-order valence-corrected chi connectivity index (χ0v) is 19.8. The van der Waals surface area contributed by atoms with Crippen LogP contribution in [0.25, 0.3) is 0 Å². The molecule has 0 spiro atoms. The Balaban J connectivity index is 1.54. The lowest BCUT2D eigenvalue weighted by Crippen LogP contribution is -2.57. The van der Waals surface area contributed by atoms with Crippen molar-refractivity contribution in [1.29, 1.82) is 0 Å². The van der Waals surface area contributed by atoms with Gasteiger partial charge in [0.25, 0.3) is 11.9 Å². The first-order valence-electron chi connectivity index (χ1n) is 11.9. The molecule has 1 aliphatic carbocycles. The van der Waals surface area contributed by atoms with E-state index in [1.807, 2.05) is 31.2 Å². The Hall–Kier alpha value is -4.02. The summed E-state index contributed by atoms with van der Waals surface area (Å²) in [7, 11) is 0. The summed E-state index contributed by atoms with van der Waals surface area (Å²) in [6, 6.07) is 12.2. The Morgan fingerprint density at radius 3 is 2.57 bits per heavy atom. The third-order valence-electron chi connectivity index (χ3n) is 7.25. The van der Waals surface area contributed by atoms with Gasteiger partial charge in [0, 0.05) is 28.8 Å². The lowest BCUT2D eigenvalue weighted by Gasteiger charge is -2.51. The first-order valence-corrected chi connectivity index (χ1v) is 11.9. The van der Waals surface area contributed by atoms with Crippen molar-refractivity contribution in [3.05, 3.63) is 71.6 Å². The molecule has 1 fully saturated rings. The van der Waals surface area contributed by atoms with Gasteiger partial charge in [-0.25, -0.2) is 4.79 Å². The number of ether oxygens (including phenoxy) is 1. The van der Waals surface area contributed by atoms with Crippen molar-refractivity contribution < 1.29 is 37.0 Å². The molecule has 5 rings (SSSR count). The van der Waals surface area contributed by atoms with E-state index in [1.165, 1.54) is 12.1 Å². The van der Waals surface area contributed by atoms with Crippen LogP contribution in [-0.4, -0.2) is 34.4 Å². The molecule has 194 valence electrons. The monoisotopic (exact) mass is 515 g/mol. The second kappa shape index (κ2) is 9.13. The van der Waals surface area contributed by atoms with Gasteiger partial charge in [-0.1, -0.05) is 31.5 Å². The van der Waals surface area contributed by atoms with E-state index in [9.17, 15) is 27.9 Å². The third-order valence-corrected chi connectivity index (χ3v) is 7.25. The Bertz CT molecular complexity index is 1320. The smallest absolute Gasteiger partial charge is 0.476 e. The van der Waals surface area contributed by atoms with Gasteiger partial charge >= 0.3 is 12.3 Å². The average Bonchev–Trinajstić information content (AvgIpc) is 3.53. The maximum atomic E-state index is 13.8. The molecule has 2 aromatic carbocycles. The molecule has 3 aromatic rings. The van der Waals surface area contributed by atoms with Crippen LogP contribution in [0.3, 0.4) is 0 Å². The van der Waals surface area contributed by atoms with Crippen molar-refractivity contribution in [2.24, 2.45) is 5.92 Å². The molecular formula is C26H24F3N3O5. The number of carboxylic acids is 1. The molecule has 3 atom stereocenters. The number of carboxylic acid groups (broad SMARTS) is 1. The van der Waals surface area contributed by atoms with E-state index in [1.54, 1.807) is 4.90 Å². The number of fused-ring (bicyclic) bond motifs is 2. The van der Waals surface area contributed by atoms with Crippen LogP contribution in [-0.2, 0) is 5.54 Å². The highest BCUT2D eigenvalue weighted by molar-refractivity contribution is 6.07. The molecule has 1 aliphatic heterocycles. The van der Waals surface area contributed by atoms with Crippen molar-refractivity contribution in [3.8, 4) is 5.75 Å². The van der Waals surface area contributed by atoms with Crippen molar-refractivity contribution in [3.63, 3.8) is 0 Å². The molecule has 0 saturated heterocycles. The molecule has 0 unspecified atom stereocenters. The number of nitrogens with one attached hydrogen (secondary N) is 1. The summed E-state index contributed by atoms with van der Waals surface area (Å²) in [5, 5.41) is 12.6. The highest BCUT2D eigenvalue weighted by Crippen LogP contribution is 2.54. The van der Waals surface area contributed by atoms with E-state index in [-0.39, 0.29) is 35.1 Å². The number of alkyl halides is 3. The van der Waals surface area contributed by atoms with Gasteiger partial charge in [-0.2, -0.15) is 4.98 Å². The number of rotatable bonds is 6. The van der Waals surface area contributed by atoms with Crippen LogP contribution in [0, 0.1) is 5.92 Å². The summed E-state index contributed by atoms with van der Waals surface area (Å²) in [6.45, 7) is 2.01. The van der Waals surface area contributed by atoms with Crippen molar-refractivity contribution in [2.45, 2.75) is 50.6 Å². The minimum Gasteiger partial charge on any atom is -0.476 e. The minimum atomic E-state index is -4.82. The molecule has 2 aliphatic rings. The zero-order valence-electron chi connectivity index (χ0n) is 19.8. The summed E-state index contributed by atoms with van der Waals surface area (Å²) in [5.74, 6) is -1.97. The van der Waals surface area contributed by atoms with Gasteiger partial charge in [0.05, 0.1) is 5.54 Å². The highest BCUT2D eigenvalue weighted by atomic mass is 19.4. The predicted octanol–water partition coefficient (Wildman–Crippen LogP) is 5.82. The van der Waals surface area contributed by atoms with E-state index in [2.05, 4.69) is 15.0 Å². The number of anilines is 2. The topological polar surface area (TPSA) is 105 Å². The maximum absolute atomic E-state index is 13.8. The molecule has 2 heterocycles. The Kier molecular flexibility index (Phi) is 6.09. The lowest BCUT2D eigenvalue weighted by atomic mass is 9.69. The van der Waals surface area contributed by atoms with E-state index in [4.69, 9.17) is 4.42 Å². The third kappa shape index (κ3) is 4.38. The maximum Gasteiger partial charge on any atom is 0.573 e. The Morgan fingerprint density at radius 1 is 1.19 bits per heavy atom. The van der Waals surface area contributed by atoms with Crippen molar-refractivity contribution >= 4 is 23.6 Å². The van der Waals surface area contributed by atoms with Crippen LogP contribution in [0.5, 0.6) is 5.75 Å². The molecule has 0 bridgehead atoms. The van der Waals surface area contributed by atoms with Crippen molar-refractivity contribution in [1.82, 2.24) is 4.98 Å². The van der Waals surface area contributed by atoms with Gasteiger partial charge in [-0.15, -0.1) is 13.2 Å². The Labute approximate surface area is 210 Å².